The Hall–Kier alpha value is -1.62. The molecule has 100 valence electrons. The van der Waals surface area contributed by atoms with Crippen LogP contribution in [0.15, 0.2) is 41.1 Å². The zero-order valence-electron chi connectivity index (χ0n) is 11.0. The van der Waals surface area contributed by atoms with Gasteiger partial charge in [0, 0.05) is 30.5 Å². The smallest absolute Gasteiger partial charge is 0.270 e. The van der Waals surface area contributed by atoms with E-state index >= 15 is 0 Å². The van der Waals surface area contributed by atoms with Crippen molar-refractivity contribution in [2.75, 3.05) is 7.05 Å². The Labute approximate surface area is 121 Å². The van der Waals surface area contributed by atoms with Crippen molar-refractivity contribution < 1.29 is 4.79 Å². The average Bonchev–Trinajstić information content (AvgIpc) is 2.80. The summed E-state index contributed by atoms with van der Waals surface area (Å²) in [5.74, 6) is -0.00166. The van der Waals surface area contributed by atoms with Crippen molar-refractivity contribution >= 4 is 21.8 Å². The zero-order chi connectivity index (χ0) is 13.8. The van der Waals surface area contributed by atoms with Crippen LogP contribution in [0, 0.1) is 0 Å². The number of halogens is 1. The third kappa shape index (κ3) is 3.23. The van der Waals surface area contributed by atoms with E-state index in [9.17, 15) is 4.79 Å². The molecule has 0 aliphatic carbocycles. The van der Waals surface area contributed by atoms with Gasteiger partial charge in [0.05, 0.1) is 12.2 Å². The fraction of sp³-hybridized carbons (Fsp3) is 0.286. The lowest BCUT2D eigenvalue weighted by atomic mass is 10.3. The lowest BCUT2D eigenvalue weighted by Crippen LogP contribution is -2.28. The van der Waals surface area contributed by atoms with Crippen LogP contribution in [0.5, 0.6) is 0 Å². The van der Waals surface area contributed by atoms with E-state index < -0.39 is 0 Å². The van der Waals surface area contributed by atoms with E-state index in [1.54, 1.807) is 18.1 Å². The number of pyridine rings is 1. The number of aryl methyl sites for hydroxylation is 1. The number of amides is 1. The molecule has 0 aliphatic rings. The van der Waals surface area contributed by atoms with Crippen molar-refractivity contribution in [3.63, 3.8) is 0 Å². The van der Waals surface area contributed by atoms with Crippen LogP contribution in [0.3, 0.4) is 0 Å². The molecule has 2 rings (SSSR count). The summed E-state index contributed by atoms with van der Waals surface area (Å²) in [6, 6.07) is 7.55. The standard InChI is InChI=1S/C14H16BrN3O/c1-3-18-9-11(15)8-13(18)14(19)17(2)10-12-6-4-5-7-16-12/h4-9H,3,10H2,1-2H3. The zero-order valence-corrected chi connectivity index (χ0v) is 12.6. The van der Waals surface area contributed by atoms with Crippen LogP contribution in [0.25, 0.3) is 0 Å². The molecule has 19 heavy (non-hydrogen) atoms. The fourth-order valence-electron chi connectivity index (χ4n) is 1.92. The summed E-state index contributed by atoms with van der Waals surface area (Å²) in [5, 5.41) is 0. The second kappa shape index (κ2) is 6.02. The lowest BCUT2D eigenvalue weighted by Gasteiger charge is -2.17. The first-order chi connectivity index (χ1) is 9.11. The van der Waals surface area contributed by atoms with Crippen LogP contribution in [0.2, 0.25) is 0 Å². The lowest BCUT2D eigenvalue weighted by molar-refractivity contribution is 0.0773. The number of nitrogens with zero attached hydrogens (tertiary/aromatic N) is 3. The molecule has 0 aromatic carbocycles. The number of hydrogen-bond acceptors (Lipinski definition) is 2. The van der Waals surface area contributed by atoms with E-state index in [1.165, 1.54) is 0 Å². The Morgan fingerprint density at radius 1 is 1.47 bits per heavy atom. The Kier molecular flexibility index (Phi) is 4.37. The first-order valence-corrected chi connectivity index (χ1v) is 6.92. The molecule has 5 heteroatoms. The normalized spacial score (nSPS) is 10.5. The molecule has 0 saturated carbocycles. The van der Waals surface area contributed by atoms with E-state index in [2.05, 4.69) is 20.9 Å². The van der Waals surface area contributed by atoms with Gasteiger partial charge in [-0.3, -0.25) is 9.78 Å². The molecule has 0 spiro atoms. The second-order valence-corrected chi connectivity index (χ2v) is 5.23. The number of hydrogen-bond donors (Lipinski definition) is 0. The minimum absolute atomic E-state index is 0.00166. The summed E-state index contributed by atoms with van der Waals surface area (Å²) < 4.78 is 2.85. The van der Waals surface area contributed by atoms with Gasteiger partial charge >= 0.3 is 0 Å². The first kappa shape index (κ1) is 13.8. The van der Waals surface area contributed by atoms with Gasteiger partial charge < -0.3 is 9.47 Å². The predicted octanol–water partition coefficient (Wildman–Crippen LogP) is 2.94. The van der Waals surface area contributed by atoms with Crippen molar-refractivity contribution in [1.29, 1.82) is 0 Å². The van der Waals surface area contributed by atoms with E-state index in [0.29, 0.717) is 12.2 Å². The van der Waals surface area contributed by atoms with Gasteiger partial charge in [0.1, 0.15) is 5.69 Å². The molecule has 0 fully saturated rings. The largest absolute Gasteiger partial charge is 0.343 e. The molecule has 0 radical (unpaired) electrons. The van der Waals surface area contributed by atoms with Crippen LogP contribution >= 0.6 is 15.9 Å². The Morgan fingerprint density at radius 3 is 2.89 bits per heavy atom. The Bertz CT molecular complexity index is 565. The maximum atomic E-state index is 12.4. The molecule has 0 aliphatic heterocycles. The highest BCUT2D eigenvalue weighted by Crippen LogP contribution is 2.17. The maximum absolute atomic E-state index is 12.4. The molecular formula is C14H16BrN3O. The fourth-order valence-corrected chi connectivity index (χ4v) is 2.38. The van der Waals surface area contributed by atoms with Crippen molar-refractivity contribution in [2.45, 2.75) is 20.0 Å². The summed E-state index contributed by atoms with van der Waals surface area (Å²) in [6.45, 7) is 3.29. The third-order valence-corrected chi connectivity index (χ3v) is 3.33. The van der Waals surface area contributed by atoms with Crippen LogP contribution in [-0.4, -0.2) is 27.4 Å². The molecule has 0 saturated heterocycles. The Balaban J connectivity index is 2.15. The second-order valence-electron chi connectivity index (χ2n) is 4.31. The maximum Gasteiger partial charge on any atom is 0.270 e. The number of aromatic nitrogens is 2. The topological polar surface area (TPSA) is 38.1 Å². The van der Waals surface area contributed by atoms with E-state index in [0.717, 1.165) is 16.7 Å². The van der Waals surface area contributed by atoms with Gasteiger partial charge in [0.25, 0.3) is 5.91 Å². The van der Waals surface area contributed by atoms with Crippen LogP contribution in [0.4, 0.5) is 0 Å². The SMILES string of the molecule is CCn1cc(Br)cc1C(=O)N(C)Cc1ccccn1. The molecule has 0 bridgehead atoms. The highest BCUT2D eigenvalue weighted by atomic mass is 79.9. The molecule has 0 unspecified atom stereocenters. The highest BCUT2D eigenvalue weighted by Gasteiger charge is 2.17. The van der Waals surface area contributed by atoms with Crippen LogP contribution in [0.1, 0.15) is 23.1 Å². The average molecular weight is 322 g/mol. The quantitative estimate of drug-likeness (QED) is 0.868. The summed E-state index contributed by atoms with van der Waals surface area (Å²) >= 11 is 3.40. The van der Waals surface area contributed by atoms with Gasteiger partial charge in [-0.2, -0.15) is 0 Å². The van der Waals surface area contributed by atoms with Gasteiger partial charge in [-0.05, 0) is 41.1 Å². The van der Waals surface area contributed by atoms with Crippen LogP contribution in [-0.2, 0) is 13.1 Å². The summed E-state index contributed by atoms with van der Waals surface area (Å²) in [6.07, 6.45) is 3.65. The molecule has 0 N–H and O–H groups in total. The third-order valence-electron chi connectivity index (χ3n) is 2.90. The molecule has 4 nitrogen and oxygen atoms in total. The van der Waals surface area contributed by atoms with Crippen molar-refractivity contribution in [3.8, 4) is 0 Å². The monoisotopic (exact) mass is 321 g/mol. The van der Waals surface area contributed by atoms with Crippen LogP contribution < -0.4 is 0 Å². The van der Waals surface area contributed by atoms with Gasteiger partial charge in [0.2, 0.25) is 0 Å². The van der Waals surface area contributed by atoms with Crippen molar-refractivity contribution in [3.05, 3.63) is 52.5 Å². The van der Waals surface area contributed by atoms with Crippen molar-refractivity contribution in [2.24, 2.45) is 0 Å². The first-order valence-electron chi connectivity index (χ1n) is 6.13. The van der Waals surface area contributed by atoms with E-state index in [4.69, 9.17) is 0 Å². The molecule has 2 aromatic heterocycles. The molecular weight excluding hydrogens is 306 g/mol. The van der Waals surface area contributed by atoms with Gasteiger partial charge in [-0.25, -0.2) is 0 Å². The number of rotatable bonds is 4. The molecule has 2 aromatic rings. The van der Waals surface area contributed by atoms with Gasteiger partial charge in [-0.1, -0.05) is 6.07 Å². The number of carbonyl (C=O) groups is 1. The Morgan fingerprint density at radius 2 is 2.26 bits per heavy atom. The molecule has 1 amide bonds. The minimum atomic E-state index is -0.00166. The van der Waals surface area contributed by atoms with Gasteiger partial charge in [0.15, 0.2) is 0 Å². The summed E-state index contributed by atoms with van der Waals surface area (Å²) in [4.78, 5) is 18.3. The minimum Gasteiger partial charge on any atom is -0.343 e. The molecule has 2 heterocycles. The van der Waals surface area contributed by atoms with E-state index in [1.807, 2.05) is 42.0 Å². The predicted molar refractivity (Wildman–Crippen MR) is 77.8 cm³/mol. The number of carbonyl (C=O) groups excluding carboxylic acids is 1. The van der Waals surface area contributed by atoms with Crippen molar-refractivity contribution in [1.82, 2.24) is 14.5 Å². The van der Waals surface area contributed by atoms with Gasteiger partial charge in [-0.15, -0.1) is 0 Å². The summed E-state index contributed by atoms with van der Waals surface area (Å²) in [5.41, 5.74) is 1.57. The molecule has 0 atom stereocenters. The summed E-state index contributed by atoms with van der Waals surface area (Å²) in [7, 11) is 1.79. The highest BCUT2D eigenvalue weighted by molar-refractivity contribution is 9.10. The van der Waals surface area contributed by atoms with E-state index in [-0.39, 0.29) is 5.91 Å².